The first-order valence-corrected chi connectivity index (χ1v) is 7.74. The number of ketones is 1. The number of hydrogen-bond acceptors (Lipinski definition) is 5. The van der Waals surface area contributed by atoms with Crippen LogP contribution in [0.4, 0.5) is 4.79 Å². The lowest BCUT2D eigenvalue weighted by molar-refractivity contribution is -0.127. The number of methoxy groups -OCH3 is 1. The molecule has 1 saturated heterocycles. The highest BCUT2D eigenvalue weighted by molar-refractivity contribution is 6.10. The molecule has 3 amide bonds. The van der Waals surface area contributed by atoms with Gasteiger partial charge in [0.05, 0.1) is 24.9 Å². The van der Waals surface area contributed by atoms with Gasteiger partial charge in [-0.3, -0.25) is 14.5 Å². The second-order valence-corrected chi connectivity index (χ2v) is 5.75. The minimum Gasteiger partial charge on any atom is -0.465 e. The van der Waals surface area contributed by atoms with Crippen molar-refractivity contribution >= 4 is 23.7 Å². The Morgan fingerprint density at radius 3 is 2.50 bits per heavy atom. The molecule has 0 aliphatic carbocycles. The van der Waals surface area contributed by atoms with E-state index in [4.69, 9.17) is 4.74 Å². The van der Waals surface area contributed by atoms with Gasteiger partial charge in [-0.05, 0) is 25.8 Å². The molecule has 1 aliphatic rings. The molecule has 1 fully saturated rings. The third-order valence-corrected chi connectivity index (χ3v) is 4.09. The first kappa shape index (κ1) is 17.7. The van der Waals surface area contributed by atoms with E-state index in [-0.39, 0.29) is 12.2 Å². The van der Waals surface area contributed by atoms with Crippen LogP contribution in [0.2, 0.25) is 0 Å². The highest BCUT2D eigenvalue weighted by Gasteiger charge is 2.38. The van der Waals surface area contributed by atoms with Crippen molar-refractivity contribution in [2.24, 2.45) is 0 Å². The second kappa shape index (κ2) is 6.86. The van der Waals surface area contributed by atoms with Crippen LogP contribution in [0.15, 0.2) is 0 Å². The molecular weight excluding hydrogens is 314 g/mol. The highest BCUT2D eigenvalue weighted by atomic mass is 16.5. The number of rotatable bonds is 6. The van der Waals surface area contributed by atoms with Crippen LogP contribution in [0.1, 0.15) is 51.9 Å². The largest absolute Gasteiger partial charge is 0.465 e. The molecule has 0 radical (unpaired) electrons. The number of aromatic amines is 1. The lowest BCUT2D eigenvalue weighted by Crippen LogP contribution is -2.36. The summed E-state index contributed by atoms with van der Waals surface area (Å²) in [6, 6.07) is -1.15. The molecule has 1 aromatic rings. The maximum atomic E-state index is 12.5. The molecule has 0 spiro atoms. The van der Waals surface area contributed by atoms with Crippen LogP contribution in [-0.4, -0.2) is 53.3 Å². The number of Topliss-reactive ketones (excluding diaryl/α,β-unsaturated/α-hetero) is 1. The summed E-state index contributed by atoms with van der Waals surface area (Å²) in [5.74, 6) is -1.38. The van der Waals surface area contributed by atoms with E-state index in [1.807, 2.05) is 6.92 Å². The molecule has 1 aromatic heterocycles. The number of esters is 1. The Kier molecular flexibility index (Phi) is 5.06. The maximum Gasteiger partial charge on any atom is 0.339 e. The Hall–Kier alpha value is -2.64. The van der Waals surface area contributed by atoms with Crippen LogP contribution in [0.25, 0.3) is 0 Å². The van der Waals surface area contributed by atoms with E-state index in [1.54, 1.807) is 13.8 Å². The van der Waals surface area contributed by atoms with Gasteiger partial charge in [0.15, 0.2) is 5.78 Å². The van der Waals surface area contributed by atoms with Crippen LogP contribution < -0.4 is 5.32 Å². The Morgan fingerprint density at radius 1 is 1.25 bits per heavy atom. The monoisotopic (exact) mass is 335 g/mol. The van der Waals surface area contributed by atoms with Gasteiger partial charge >= 0.3 is 12.0 Å². The van der Waals surface area contributed by atoms with E-state index in [0.29, 0.717) is 23.2 Å². The fourth-order valence-electron chi connectivity index (χ4n) is 2.87. The molecular formula is C16H21N3O5. The smallest absolute Gasteiger partial charge is 0.339 e. The Morgan fingerprint density at radius 2 is 1.92 bits per heavy atom. The van der Waals surface area contributed by atoms with E-state index >= 15 is 0 Å². The van der Waals surface area contributed by atoms with Crippen molar-refractivity contribution < 1.29 is 23.9 Å². The van der Waals surface area contributed by atoms with Gasteiger partial charge in [-0.1, -0.05) is 13.3 Å². The first-order chi connectivity index (χ1) is 11.3. The molecule has 2 N–H and O–H groups in total. The molecule has 1 aliphatic heterocycles. The molecule has 2 heterocycles. The molecule has 0 bridgehead atoms. The summed E-state index contributed by atoms with van der Waals surface area (Å²) >= 11 is 0. The van der Waals surface area contributed by atoms with Gasteiger partial charge in [-0.2, -0.15) is 0 Å². The van der Waals surface area contributed by atoms with Crippen molar-refractivity contribution in [1.82, 2.24) is 15.2 Å². The number of H-pyrrole nitrogens is 1. The van der Waals surface area contributed by atoms with E-state index in [9.17, 15) is 19.2 Å². The third kappa shape index (κ3) is 3.04. The summed E-state index contributed by atoms with van der Waals surface area (Å²) in [7, 11) is 1.26. The Balaban J connectivity index is 2.21. The summed E-state index contributed by atoms with van der Waals surface area (Å²) in [5, 5.41) is 2.57. The van der Waals surface area contributed by atoms with E-state index in [0.717, 1.165) is 11.3 Å². The first-order valence-electron chi connectivity index (χ1n) is 7.74. The summed E-state index contributed by atoms with van der Waals surface area (Å²) < 4.78 is 4.70. The van der Waals surface area contributed by atoms with Crippen molar-refractivity contribution in [3.05, 3.63) is 22.5 Å². The van der Waals surface area contributed by atoms with Crippen LogP contribution in [0.3, 0.4) is 0 Å². The highest BCUT2D eigenvalue weighted by Crippen LogP contribution is 2.20. The number of ether oxygens (including phenoxy) is 1. The van der Waals surface area contributed by atoms with Crippen LogP contribution in [-0.2, 0) is 9.53 Å². The van der Waals surface area contributed by atoms with Crippen LogP contribution in [0, 0.1) is 13.8 Å². The number of nitrogens with zero attached hydrogens (tertiary/aromatic N) is 1. The summed E-state index contributed by atoms with van der Waals surface area (Å²) in [6.07, 6.45) is 1.28. The van der Waals surface area contributed by atoms with Crippen LogP contribution in [0.5, 0.6) is 0 Å². The van der Waals surface area contributed by atoms with Gasteiger partial charge in [0.25, 0.3) is 5.91 Å². The van der Waals surface area contributed by atoms with Gasteiger partial charge in [0, 0.05) is 5.69 Å². The Labute approximate surface area is 139 Å². The number of carbonyl (C=O) groups is 4. The molecule has 8 heteroatoms. The topological polar surface area (TPSA) is 109 Å². The van der Waals surface area contributed by atoms with Gasteiger partial charge in [-0.25, -0.2) is 9.59 Å². The van der Waals surface area contributed by atoms with E-state index < -0.39 is 29.7 Å². The molecule has 0 unspecified atom stereocenters. The Bertz CT molecular complexity index is 707. The molecule has 0 saturated carbocycles. The van der Waals surface area contributed by atoms with Crippen LogP contribution >= 0.6 is 0 Å². The number of imide groups is 1. The average Bonchev–Trinajstić information content (AvgIpc) is 2.98. The van der Waals surface area contributed by atoms with E-state index in [2.05, 4.69) is 10.3 Å². The van der Waals surface area contributed by atoms with Gasteiger partial charge in [0.2, 0.25) is 0 Å². The van der Waals surface area contributed by atoms with Gasteiger partial charge in [0.1, 0.15) is 6.04 Å². The number of urea groups is 1. The molecule has 24 heavy (non-hydrogen) atoms. The lowest BCUT2D eigenvalue weighted by atomic mass is 10.1. The summed E-state index contributed by atoms with van der Waals surface area (Å²) in [6.45, 7) is 4.81. The molecule has 1 atom stereocenters. The lowest BCUT2D eigenvalue weighted by Gasteiger charge is -2.12. The van der Waals surface area contributed by atoms with Gasteiger partial charge < -0.3 is 15.0 Å². The fraction of sp³-hybridized carbons (Fsp3) is 0.500. The zero-order chi connectivity index (χ0) is 18.0. The number of hydrogen-bond donors (Lipinski definition) is 2. The second-order valence-electron chi connectivity index (χ2n) is 5.75. The maximum absolute atomic E-state index is 12.5. The number of carbonyl (C=O) groups excluding carboxylic acids is 4. The van der Waals surface area contributed by atoms with Crippen molar-refractivity contribution in [1.29, 1.82) is 0 Å². The van der Waals surface area contributed by atoms with Crippen molar-refractivity contribution in [3.63, 3.8) is 0 Å². The molecule has 8 nitrogen and oxygen atoms in total. The summed E-state index contributed by atoms with van der Waals surface area (Å²) in [5.41, 5.74) is 1.44. The predicted molar refractivity (Wildman–Crippen MR) is 84.9 cm³/mol. The van der Waals surface area contributed by atoms with Crippen molar-refractivity contribution in [2.75, 3.05) is 13.7 Å². The fourth-order valence-corrected chi connectivity index (χ4v) is 2.87. The van der Waals surface area contributed by atoms with Crippen molar-refractivity contribution in [3.8, 4) is 0 Å². The zero-order valence-corrected chi connectivity index (χ0v) is 14.2. The number of nitrogens with one attached hydrogen (secondary N) is 2. The number of aryl methyl sites for hydroxylation is 1. The number of aromatic nitrogens is 1. The molecule has 130 valence electrons. The zero-order valence-electron chi connectivity index (χ0n) is 14.2. The number of amides is 3. The minimum atomic E-state index is -0.576. The summed E-state index contributed by atoms with van der Waals surface area (Å²) in [4.78, 5) is 52.1. The predicted octanol–water partition coefficient (Wildman–Crippen LogP) is 1.32. The minimum absolute atomic E-state index is 0.201. The van der Waals surface area contributed by atoms with Gasteiger partial charge in [-0.15, -0.1) is 0 Å². The van der Waals surface area contributed by atoms with Crippen molar-refractivity contribution in [2.45, 2.75) is 39.7 Å². The quantitative estimate of drug-likeness (QED) is 0.463. The average molecular weight is 335 g/mol. The van der Waals surface area contributed by atoms with E-state index in [1.165, 1.54) is 7.11 Å². The standard InChI is InChI=1S/C16H21N3O5/c1-5-6-10-14(21)19(16(23)18-10)7-11(20)13-8(2)12(9(3)17-13)15(22)24-4/h10,17H,5-7H2,1-4H3,(H,18,23)/t10-/m0/s1. The SMILES string of the molecule is CCC[C@@H]1NC(=O)N(CC(=O)c2[nH]c(C)c(C(=O)OC)c2C)C1=O. The molecule has 0 aromatic carbocycles. The normalized spacial score (nSPS) is 17.2. The molecule has 2 rings (SSSR count). The third-order valence-electron chi connectivity index (χ3n) is 4.09.